The maximum atomic E-state index is 13.7. The van der Waals surface area contributed by atoms with Crippen molar-refractivity contribution in [3.8, 4) is 5.75 Å². The van der Waals surface area contributed by atoms with Crippen molar-refractivity contribution in [3.05, 3.63) is 65.0 Å². The Balaban J connectivity index is 2.05. The van der Waals surface area contributed by atoms with Crippen LogP contribution in [0.2, 0.25) is 0 Å². The zero-order chi connectivity index (χ0) is 15.2. The van der Waals surface area contributed by atoms with E-state index in [2.05, 4.69) is 24.3 Å². The van der Waals surface area contributed by atoms with Crippen molar-refractivity contribution >= 4 is 0 Å². The topological polar surface area (TPSA) is 29.5 Å². The maximum Gasteiger partial charge on any atom is 0.165 e. The van der Waals surface area contributed by atoms with Gasteiger partial charge in [-0.05, 0) is 48.9 Å². The molecule has 2 nitrogen and oxygen atoms in total. The van der Waals surface area contributed by atoms with Gasteiger partial charge in [0.2, 0.25) is 0 Å². The highest BCUT2D eigenvalue weighted by molar-refractivity contribution is 5.30. The van der Waals surface area contributed by atoms with Gasteiger partial charge in [0.1, 0.15) is 0 Å². The molecule has 0 radical (unpaired) electrons. The third kappa shape index (κ3) is 4.30. The molecular formula is C18H21FO2. The minimum absolute atomic E-state index is 0.0838. The van der Waals surface area contributed by atoms with Gasteiger partial charge < -0.3 is 9.84 Å². The molecule has 2 aromatic rings. The molecule has 0 aliphatic heterocycles. The van der Waals surface area contributed by atoms with Crippen molar-refractivity contribution in [2.75, 3.05) is 13.7 Å². The van der Waals surface area contributed by atoms with E-state index in [-0.39, 0.29) is 24.1 Å². The molecule has 0 aromatic heterocycles. The highest BCUT2D eigenvalue weighted by Gasteiger charge is 2.12. The Morgan fingerprint density at radius 1 is 1.05 bits per heavy atom. The standard InChI is InChI=1S/C18H21FO2/c1-13-3-5-14(6-4-13)9-16(12-20)10-15-7-8-18(21-2)17(19)11-15/h3-8,11,16,20H,9-10,12H2,1-2H3. The average molecular weight is 288 g/mol. The summed E-state index contributed by atoms with van der Waals surface area (Å²) in [7, 11) is 1.45. The first-order chi connectivity index (χ1) is 10.1. The molecular weight excluding hydrogens is 267 g/mol. The lowest BCUT2D eigenvalue weighted by Crippen LogP contribution is -2.13. The number of aryl methyl sites for hydroxylation is 1. The summed E-state index contributed by atoms with van der Waals surface area (Å²) in [6, 6.07) is 13.2. The first-order valence-electron chi connectivity index (χ1n) is 7.11. The van der Waals surface area contributed by atoms with Crippen molar-refractivity contribution in [1.29, 1.82) is 0 Å². The highest BCUT2D eigenvalue weighted by Crippen LogP contribution is 2.21. The Labute approximate surface area is 125 Å². The highest BCUT2D eigenvalue weighted by atomic mass is 19.1. The fourth-order valence-electron chi connectivity index (χ4n) is 2.43. The summed E-state index contributed by atoms with van der Waals surface area (Å²) >= 11 is 0. The molecule has 2 aromatic carbocycles. The van der Waals surface area contributed by atoms with Crippen LogP contribution in [0.4, 0.5) is 4.39 Å². The molecule has 0 saturated heterocycles. The molecule has 0 fully saturated rings. The molecule has 0 aliphatic rings. The van der Waals surface area contributed by atoms with Crippen LogP contribution in [0.15, 0.2) is 42.5 Å². The van der Waals surface area contributed by atoms with Crippen LogP contribution in [0.25, 0.3) is 0 Å². The predicted molar refractivity (Wildman–Crippen MR) is 82.1 cm³/mol. The van der Waals surface area contributed by atoms with Crippen molar-refractivity contribution in [2.45, 2.75) is 19.8 Å². The van der Waals surface area contributed by atoms with Gasteiger partial charge in [-0.2, -0.15) is 0 Å². The summed E-state index contributed by atoms with van der Waals surface area (Å²) in [5.74, 6) is -0.0274. The molecule has 1 unspecified atom stereocenters. The first-order valence-corrected chi connectivity index (χ1v) is 7.11. The lowest BCUT2D eigenvalue weighted by molar-refractivity contribution is 0.225. The van der Waals surface area contributed by atoms with E-state index in [1.807, 2.05) is 13.0 Å². The number of methoxy groups -OCH3 is 1. The van der Waals surface area contributed by atoms with E-state index in [1.165, 1.54) is 24.3 Å². The molecule has 2 rings (SSSR count). The fourth-order valence-corrected chi connectivity index (χ4v) is 2.43. The van der Waals surface area contributed by atoms with E-state index < -0.39 is 0 Å². The van der Waals surface area contributed by atoms with E-state index >= 15 is 0 Å². The van der Waals surface area contributed by atoms with Crippen LogP contribution in [0.5, 0.6) is 5.75 Å². The lowest BCUT2D eigenvalue weighted by Gasteiger charge is -2.15. The van der Waals surface area contributed by atoms with Crippen LogP contribution in [-0.4, -0.2) is 18.8 Å². The number of aliphatic hydroxyl groups is 1. The summed E-state index contributed by atoms with van der Waals surface area (Å²) in [5.41, 5.74) is 3.28. The summed E-state index contributed by atoms with van der Waals surface area (Å²) in [6.07, 6.45) is 1.43. The minimum Gasteiger partial charge on any atom is -0.494 e. The minimum atomic E-state index is -0.359. The van der Waals surface area contributed by atoms with Gasteiger partial charge in [0.25, 0.3) is 0 Å². The molecule has 21 heavy (non-hydrogen) atoms. The summed E-state index contributed by atoms with van der Waals surface area (Å²) in [4.78, 5) is 0. The second kappa shape index (κ2) is 7.23. The number of halogens is 1. The zero-order valence-electron chi connectivity index (χ0n) is 12.5. The van der Waals surface area contributed by atoms with Crippen LogP contribution in [0, 0.1) is 18.7 Å². The number of hydrogen-bond acceptors (Lipinski definition) is 2. The fraction of sp³-hybridized carbons (Fsp3) is 0.333. The van der Waals surface area contributed by atoms with Gasteiger partial charge in [-0.15, -0.1) is 0 Å². The lowest BCUT2D eigenvalue weighted by atomic mass is 9.93. The SMILES string of the molecule is COc1ccc(CC(CO)Cc2ccc(C)cc2)cc1F. The van der Waals surface area contributed by atoms with Gasteiger partial charge in [-0.25, -0.2) is 4.39 Å². The van der Waals surface area contributed by atoms with Crippen molar-refractivity contribution in [3.63, 3.8) is 0 Å². The molecule has 0 heterocycles. The second-order valence-electron chi connectivity index (χ2n) is 5.41. The quantitative estimate of drug-likeness (QED) is 0.881. The maximum absolute atomic E-state index is 13.7. The number of ether oxygens (including phenoxy) is 1. The number of benzene rings is 2. The second-order valence-corrected chi connectivity index (χ2v) is 5.41. The van der Waals surface area contributed by atoms with Crippen LogP contribution in [0.1, 0.15) is 16.7 Å². The van der Waals surface area contributed by atoms with Gasteiger partial charge in [0, 0.05) is 6.61 Å². The molecule has 0 amide bonds. The van der Waals surface area contributed by atoms with Gasteiger partial charge >= 0.3 is 0 Å². The molecule has 3 heteroatoms. The van der Waals surface area contributed by atoms with E-state index in [1.54, 1.807) is 6.07 Å². The van der Waals surface area contributed by atoms with E-state index in [0.29, 0.717) is 6.42 Å². The monoisotopic (exact) mass is 288 g/mol. The molecule has 0 bridgehead atoms. The van der Waals surface area contributed by atoms with Crippen LogP contribution in [0.3, 0.4) is 0 Å². The van der Waals surface area contributed by atoms with E-state index in [0.717, 1.165) is 12.0 Å². The molecule has 0 saturated carbocycles. The third-order valence-corrected chi connectivity index (χ3v) is 3.64. The Hall–Kier alpha value is -1.87. The van der Waals surface area contributed by atoms with Gasteiger partial charge in [-0.1, -0.05) is 35.9 Å². The van der Waals surface area contributed by atoms with Crippen LogP contribution < -0.4 is 4.74 Å². The number of rotatable bonds is 6. The van der Waals surface area contributed by atoms with Crippen molar-refractivity contribution in [2.24, 2.45) is 5.92 Å². The number of hydrogen-bond donors (Lipinski definition) is 1. The largest absolute Gasteiger partial charge is 0.494 e. The predicted octanol–water partition coefficient (Wildman–Crippen LogP) is 3.54. The molecule has 0 spiro atoms. The first kappa shape index (κ1) is 15.5. The van der Waals surface area contributed by atoms with E-state index in [4.69, 9.17) is 4.74 Å². The Morgan fingerprint density at radius 3 is 2.24 bits per heavy atom. The van der Waals surface area contributed by atoms with Gasteiger partial charge in [0.05, 0.1) is 7.11 Å². The molecule has 112 valence electrons. The zero-order valence-corrected chi connectivity index (χ0v) is 12.5. The van der Waals surface area contributed by atoms with Crippen LogP contribution >= 0.6 is 0 Å². The third-order valence-electron chi connectivity index (χ3n) is 3.64. The van der Waals surface area contributed by atoms with Gasteiger partial charge in [-0.3, -0.25) is 0 Å². The summed E-state index contributed by atoms with van der Waals surface area (Å²) in [5, 5.41) is 9.55. The Morgan fingerprint density at radius 2 is 1.67 bits per heavy atom. The van der Waals surface area contributed by atoms with E-state index in [9.17, 15) is 9.50 Å². The van der Waals surface area contributed by atoms with Gasteiger partial charge in [0.15, 0.2) is 11.6 Å². The summed E-state index contributed by atoms with van der Waals surface area (Å²) < 4.78 is 18.6. The molecule has 0 aliphatic carbocycles. The number of aliphatic hydroxyl groups excluding tert-OH is 1. The average Bonchev–Trinajstić information content (AvgIpc) is 2.49. The van der Waals surface area contributed by atoms with Crippen molar-refractivity contribution in [1.82, 2.24) is 0 Å². The smallest absolute Gasteiger partial charge is 0.165 e. The Bertz CT molecular complexity index is 578. The van der Waals surface area contributed by atoms with Crippen molar-refractivity contribution < 1.29 is 14.2 Å². The normalized spacial score (nSPS) is 12.2. The molecule has 1 atom stereocenters. The van der Waals surface area contributed by atoms with Crippen LogP contribution in [-0.2, 0) is 12.8 Å². The Kier molecular flexibility index (Phi) is 5.34. The summed E-state index contributed by atoms with van der Waals surface area (Å²) in [6.45, 7) is 2.13. The molecule has 1 N–H and O–H groups in total.